The van der Waals surface area contributed by atoms with E-state index < -0.39 is 0 Å². The fourth-order valence-corrected chi connectivity index (χ4v) is 4.07. The normalized spacial score (nSPS) is 12.6. The molecule has 0 bridgehead atoms. The van der Waals surface area contributed by atoms with Gasteiger partial charge in [-0.1, -0.05) is 53.0 Å². The first-order chi connectivity index (χ1) is 12.5. The Balaban J connectivity index is 0.00000210. The summed E-state index contributed by atoms with van der Waals surface area (Å²) in [6.07, 6.45) is 4.17. The topological polar surface area (TPSA) is 25.9 Å². The third-order valence-corrected chi connectivity index (χ3v) is 5.43. The van der Waals surface area contributed by atoms with Gasteiger partial charge in [0.25, 0.3) is 5.82 Å². The molecule has 0 atom stereocenters. The van der Waals surface area contributed by atoms with Crippen LogP contribution in [0.2, 0.25) is 10.0 Å². The second-order valence-corrected chi connectivity index (χ2v) is 7.57. The summed E-state index contributed by atoms with van der Waals surface area (Å²) in [5, 5.41) is 0.934. The first kappa shape index (κ1) is 20.1. The van der Waals surface area contributed by atoms with Crippen molar-refractivity contribution in [1.29, 1.82) is 0 Å². The number of carbonyl (C=O) groups excluding carboxylic acids is 1. The summed E-state index contributed by atoms with van der Waals surface area (Å²) in [6.45, 7) is 3.35. The number of benzene rings is 2. The molecule has 3 nitrogen and oxygen atoms in total. The summed E-state index contributed by atoms with van der Waals surface area (Å²) in [4.78, 5) is 12.8. The molecule has 2 aromatic carbocycles. The van der Waals surface area contributed by atoms with Gasteiger partial charge in [0.15, 0.2) is 12.2 Å². The van der Waals surface area contributed by atoms with Crippen LogP contribution in [0.4, 0.5) is 0 Å². The molecule has 0 fully saturated rings. The van der Waals surface area contributed by atoms with Gasteiger partial charge in [-0.25, -0.2) is 9.13 Å². The molecule has 4 rings (SSSR count). The van der Waals surface area contributed by atoms with Crippen molar-refractivity contribution in [2.75, 3.05) is 0 Å². The number of Topliss-reactive ketones (excluding diaryl/α,β-unsaturated/α-hetero) is 1. The van der Waals surface area contributed by atoms with Crippen molar-refractivity contribution in [2.24, 2.45) is 0 Å². The van der Waals surface area contributed by atoms with Crippen LogP contribution in [0.25, 0.3) is 11.3 Å². The zero-order valence-corrected chi connectivity index (χ0v) is 18.0. The van der Waals surface area contributed by atoms with E-state index in [1.165, 1.54) is 17.0 Å². The average molecular weight is 466 g/mol. The van der Waals surface area contributed by atoms with Crippen LogP contribution >= 0.6 is 23.2 Å². The molecule has 140 valence electrons. The molecular formula is C21H19BrCl2N2O. The Hall–Kier alpha value is -1.62. The summed E-state index contributed by atoms with van der Waals surface area (Å²) in [6, 6.07) is 13.5. The predicted octanol–water partition coefficient (Wildman–Crippen LogP) is 1.89. The van der Waals surface area contributed by atoms with Crippen molar-refractivity contribution in [3.05, 3.63) is 75.7 Å². The average Bonchev–Trinajstić information content (AvgIpc) is 3.19. The lowest BCUT2D eigenvalue weighted by Crippen LogP contribution is -3.00. The van der Waals surface area contributed by atoms with E-state index in [2.05, 4.69) is 46.5 Å². The van der Waals surface area contributed by atoms with Gasteiger partial charge in [0, 0.05) is 16.1 Å². The number of ketones is 1. The second-order valence-electron chi connectivity index (χ2n) is 6.73. The van der Waals surface area contributed by atoms with Crippen molar-refractivity contribution in [3.8, 4) is 11.3 Å². The molecule has 6 heteroatoms. The molecule has 1 aromatic heterocycles. The van der Waals surface area contributed by atoms with Gasteiger partial charge in [-0.2, -0.15) is 0 Å². The monoisotopic (exact) mass is 464 g/mol. The van der Waals surface area contributed by atoms with Crippen LogP contribution < -0.4 is 21.5 Å². The van der Waals surface area contributed by atoms with E-state index in [1.54, 1.807) is 18.2 Å². The number of carbonyl (C=O) groups is 1. The smallest absolute Gasteiger partial charge is 0.257 e. The van der Waals surface area contributed by atoms with Gasteiger partial charge in [-0.15, -0.1) is 0 Å². The first-order valence-corrected chi connectivity index (χ1v) is 9.45. The maximum Gasteiger partial charge on any atom is 0.257 e. The van der Waals surface area contributed by atoms with E-state index in [0.29, 0.717) is 15.6 Å². The third kappa shape index (κ3) is 3.98. The molecule has 0 unspecified atom stereocenters. The molecule has 1 aliphatic rings. The van der Waals surface area contributed by atoms with Crippen LogP contribution in [0.5, 0.6) is 0 Å². The number of hydrogen-bond acceptors (Lipinski definition) is 1. The quantitative estimate of drug-likeness (QED) is 0.426. The maximum atomic E-state index is 12.8. The SMILES string of the molecule is Cc1ccc(-c2c[n+](CC(=O)c3ccc(Cl)cc3Cl)c3n2CCC3)cc1.[Br-]. The Morgan fingerprint density at radius 1 is 1.15 bits per heavy atom. The number of halogens is 3. The zero-order chi connectivity index (χ0) is 18.3. The van der Waals surface area contributed by atoms with Gasteiger partial charge >= 0.3 is 0 Å². The highest BCUT2D eigenvalue weighted by Gasteiger charge is 2.30. The Morgan fingerprint density at radius 3 is 2.59 bits per heavy atom. The minimum Gasteiger partial charge on any atom is -1.00 e. The van der Waals surface area contributed by atoms with Crippen molar-refractivity contribution < 1.29 is 26.3 Å². The lowest BCUT2D eigenvalue weighted by molar-refractivity contribution is -0.689. The van der Waals surface area contributed by atoms with Crippen molar-refractivity contribution in [3.63, 3.8) is 0 Å². The molecule has 0 saturated carbocycles. The summed E-state index contributed by atoms with van der Waals surface area (Å²) >= 11 is 12.1. The Kier molecular flexibility index (Phi) is 6.09. The highest BCUT2D eigenvalue weighted by Crippen LogP contribution is 2.26. The molecule has 2 heterocycles. The Morgan fingerprint density at radius 2 is 1.89 bits per heavy atom. The summed E-state index contributed by atoms with van der Waals surface area (Å²) in [7, 11) is 0. The number of rotatable bonds is 4. The van der Waals surface area contributed by atoms with Gasteiger partial charge < -0.3 is 17.0 Å². The second kappa shape index (κ2) is 8.17. The van der Waals surface area contributed by atoms with Gasteiger partial charge in [-0.3, -0.25) is 4.79 Å². The van der Waals surface area contributed by atoms with Crippen LogP contribution in [0.15, 0.2) is 48.7 Å². The highest BCUT2D eigenvalue weighted by atomic mass is 79.9. The fraction of sp³-hybridized carbons (Fsp3) is 0.238. The van der Waals surface area contributed by atoms with E-state index in [0.717, 1.165) is 25.1 Å². The zero-order valence-electron chi connectivity index (χ0n) is 14.9. The lowest BCUT2D eigenvalue weighted by atomic mass is 10.1. The maximum absolute atomic E-state index is 12.8. The largest absolute Gasteiger partial charge is 1.00 e. The standard InChI is InChI=1S/C21H19Cl2N2O.BrH/c1-14-4-6-15(7-5-14)19-12-24(21-3-2-10-25(19)21)13-20(26)17-9-8-16(22)11-18(17)23;/h4-9,11-12H,2-3,10,13H2,1H3;1H/q+1;/p-1. The molecule has 0 amide bonds. The first-order valence-electron chi connectivity index (χ1n) is 8.70. The number of aromatic nitrogens is 2. The molecule has 0 radical (unpaired) electrons. The molecule has 0 saturated heterocycles. The van der Waals surface area contributed by atoms with Crippen molar-refractivity contribution >= 4 is 29.0 Å². The molecule has 0 aliphatic carbocycles. The number of fused-ring (bicyclic) bond motifs is 1. The van der Waals surface area contributed by atoms with E-state index in [1.807, 2.05) is 0 Å². The minimum absolute atomic E-state index is 0. The summed E-state index contributed by atoms with van der Waals surface area (Å²) in [5.74, 6) is 1.19. The molecule has 3 aromatic rings. The van der Waals surface area contributed by atoms with Crippen LogP contribution in [0.3, 0.4) is 0 Å². The highest BCUT2D eigenvalue weighted by molar-refractivity contribution is 6.36. The van der Waals surface area contributed by atoms with E-state index in [-0.39, 0.29) is 29.3 Å². The van der Waals surface area contributed by atoms with Crippen LogP contribution in [-0.2, 0) is 19.5 Å². The minimum atomic E-state index is -0.00702. The van der Waals surface area contributed by atoms with Crippen LogP contribution in [0, 0.1) is 6.92 Å². The lowest BCUT2D eigenvalue weighted by Gasteiger charge is -2.03. The molecule has 0 N–H and O–H groups in total. The van der Waals surface area contributed by atoms with Gasteiger partial charge in [0.2, 0.25) is 5.78 Å². The van der Waals surface area contributed by atoms with Crippen molar-refractivity contribution in [2.45, 2.75) is 32.9 Å². The fourth-order valence-electron chi connectivity index (χ4n) is 3.56. The van der Waals surface area contributed by atoms with Crippen LogP contribution in [-0.4, -0.2) is 10.4 Å². The Bertz CT molecular complexity index is 996. The van der Waals surface area contributed by atoms with Gasteiger partial charge in [-0.05, 0) is 31.5 Å². The van der Waals surface area contributed by atoms with E-state index >= 15 is 0 Å². The van der Waals surface area contributed by atoms with Crippen LogP contribution in [0.1, 0.15) is 28.2 Å². The number of aryl methyl sites for hydroxylation is 1. The number of imidazole rings is 1. The predicted molar refractivity (Wildman–Crippen MR) is 104 cm³/mol. The summed E-state index contributed by atoms with van der Waals surface area (Å²) < 4.78 is 4.39. The number of hydrogen-bond donors (Lipinski definition) is 0. The molecule has 0 spiro atoms. The van der Waals surface area contributed by atoms with E-state index in [9.17, 15) is 4.79 Å². The molecule has 27 heavy (non-hydrogen) atoms. The van der Waals surface area contributed by atoms with Crippen molar-refractivity contribution in [1.82, 2.24) is 4.57 Å². The summed E-state index contributed by atoms with van der Waals surface area (Å²) in [5.41, 5.74) is 4.09. The van der Waals surface area contributed by atoms with E-state index in [4.69, 9.17) is 23.2 Å². The Labute approximate surface area is 179 Å². The third-order valence-electron chi connectivity index (χ3n) is 4.89. The molecule has 1 aliphatic heterocycles. The number of nitrogens with zero attached hydrogens (tertiary/aromatic N) is 2. The van der Waals surface area contributed by atoms with Gasteiger partial charge in [0.1, 0.15) is 6.20 Å². The molecular weight excluding hydrogens is 447 g/mol. The van der Waals surface area contributed by atoms with Gasteiger partial charge in [0.05, 0.1) is 18.0 Å².